The van der Waals surface area contributed by atoms with Gasteiger partial charge in [-0.3, -0.25) is 9.78 Å². The van der Waals surface area contributed by atoms with Gasteiger partial charge in [-0.1, -0.05) is 0 Å². The molecule has 0 atom stereocenters. The van der Waals surface area contributed by atoms with E-state index in [1.807, 2.05) is 24.9 Å². The number of rotatable bonds is 3. The van der Waals surface area contributed by atoms with Crippen LogP contribution in [-0.2, 0) is 13.6 Å². The van der Waals surface area contributed by atoms with Gasteiger partial charge in [0, 0.05) is 36.0 Å². The molecule has 2 aromatic rings. The summed E-state index contributed by atoms with van der Waals surface area (Å²) in [5.74, 6) is 0. The second kappa shape index (κ2) is 4.81. The monoisotopic (exact) mass is 261 g/mol. The van der Waals surface area contributed by atoms with Crippen molar-refractivity contribution in [3.8, 4) is 11.3 Å². The topological polar surface area (TPSA) is 58.5 Å². The van der Waals surface area contributed by atoms with Gasteiger partial charge in [0.05, 0.1) is 17.6 Å². The minimum atomic E-state index is 0.0908. The van der Waals surface area contributed by atoms with Gasteiger partial charge < -0.3 is 5.32 Å². The van der Waals surface area contributed by atoms with Crippen molar-refractivity contribution >= 4 is 0 Å². The quantitative estimate of drug-likeness (QED) is 0.891. The summed E-state index contributed by atoms with van der Waals surface area (Å²) in [6.07, 6.45) is 1.89. The average Bonchev–Trinajstić information content (AvgIpc) is 2.82. The van der Waals surface area contributed by atoms with Crippen molar-refractivity contribution in [2.24, 2.45) is 7.05 Å². The molecule has 0 spiro atoms. The molecule has 0 bridgehead atoms. The lowest BCUT2D eigenvalue weighted by Crippen LogP contribution is -2.35. The van der Waals surface area contributed by atoms with Gasteiger partial charge in [-0.15, -0.1) is 0 Å². The number of H-pyrrole nitrogens is 1. The number of hydrogen-bond donors (Lipinski definition) is 2. The summed E-state index contributed by atoms with van der Waals surface area (Å²) in [6.45, 7) is 11.4. The molecule has 2 aromatic heterocycles. The van der Waals surface area contributed by atoms with E-state index in [4.69, 9.17) is 0 Å². The van der Waals surface area contributed by atoms with Crippen LogP contribution in [0.4, 0.5) is 0 Å². The van der Waals surface area contributed by atoms with Crippen molar-refractivity contribution < 1.29 is 0 Å². The van der Waals surface area contributed by atoms with Crippen molar-refractivity contribution in [3.05, 3.63) is 23.1 Å². The molecular weight excluding hydrogens is 238 g/mol. The van der Waals surface area contributed by atoms with Gasteiger partial charge in [0.25, 0.3) is 0 Å². The summed E-state index contributed by atoms with van der Waals surface area (Å²) in [4.78, 5) is 0. The fraction of sp³-hybridized carbons (Fsp3) is 0.571. The standard InChI is InChI=1S/C14H23N5/c1-9-12(10(2)19(6)18-9)13-11(8-16-17-13)7-15-14(3,4)5/h8,15H,7H2,1-6H3,(H,16,17). The fourth-order valence-corrected chi connectivity index (χ4v) is 2.16. The number of aryl methyl sites for hydroxylation is 2. The zero-order chi connectivity index (χ0) is 14.2. The van der Waals surface area contributed by atoms with E-state index in [-0.39, 0.29) is 5.54 Å². The number of nitrogens with zero attached hydrogens (tertiary/aromatic N) is 3. The molecule has 5 nitrogen and oxygen atoms in total. The Morgan fingerprint density at radius 1 is 1.32 bits per heavy atom. The second-order valence-electron chi connectivity index (χ2n) is 6.04. The Balaban J connectivity index is 2.34. The minimum absolute atomic E-state index is 0.0908. The van der Waals surface area contributed by atoms with Gasteiger partial charge in [0.1, 0.15) is 0 Å². The molecule has 0 unspecified atom stereocenters. The lowest BCUT2D eigenvalue weighted by molar-refractivity contribution is 0.424. The number of aromatic nitrogens is 4. The van der Waals surface area contributed by atoms with Crippen molar-refractivity contribution in [1.82, 2.24) is 25.3 Å². The third-order valence-corrected chi connectivity index (χ3v) is 3.29. The first-order valence-electron chi connectivity index (χ1n) is 6.57. The summed E-state index contributed by atoms with van der Waals surface area (Å²) in [6, 6.07) is 0. The molecule has 2 heterocycles. The third-order valence-electron chi connectivity index (χ3n) is 3.29. The van der Waals surface area contributed by atoms with E-state index >= 15 is 0 Å². The Kier molecular flexibility index (Phi) is 3.49. The zero-order valence-corrected chi connectivity index (χ0v) is 12.6. The lowest BCUT2D eigenvalue weighted by atomic mass is 10.0. The van der Waals surface area contributed by atoms with Crippen LogP contribution in [-0.4, -0.2) is 25.5 Å². The predicted octanol–water partition coefficient (Wildman–Crippen LogP) is 2.32. The third kappa shape index (κ3) is 2.87. The molecule has 2 N–H and O–H groups in total. The van der Waals surface area contributed by atoms with Crippen LogP contribution in [0, 0.1) is 13.8 Å². The molecule has 0 fully saturated rings. The molecular formula is C14H23N5. The Morgan fingerprint density at radius 2 is 2.00 bits per heavy atom. The van der Waals surface area contributed by atoms with Gasteiger partial charge in [-0.2, -0.15) is 10.2 Å². The van der Waals surface area contributed by atoms with Crippen molar-refractivity contribution in [1.29, 1.82) is 0 Å². The van der Waals surface area contributed by atoms with Crippen LogP contribution < -0.4 is 5.32 Å². The molecule has 104 valence electrons. The summed E-state index contributed by atoms with van der Waals surface area (Å²) >= 11 is 0. The smallest absolute Gasteiger partial charge is 0.0732 e. The first kappa shape index (κ1) is 13.8. The van der Waals surface area contributed by atoms with E-state index in [0.717, 1.165) is 29.2 Å². The zero-order valence-electron chi connectivity index (χ0n) is 12.6. The SMILES string of the molecule is Cc1nn(C)c(C)c1-c1[nH]ncc1CNC(C)(C)C. The Bertz CT molecular complexity index is 571. The normalized spacial score (nSPS) is 12.1. The highest BCUT2D eigenvalue weighted by Gasteiger charge is 2.18. The van der Waals surface area contributed by atoms with E-state index in [0.29, 0.717) is 0 Å². The molecule has 2 rings (SSSR count). The first-order valence-corrected chi connectivity index (χ1v) is 6.57. The van der Waals surface area contributed by atoms with Crippen LogP contribution in [0.5, 0.6) is 0 Å². The van der Waals surface area contributed by atoms with Crippen LogP contribution in [0.25, 0.3) is 11.3 Å². The Morgan fingerprint density at radius 3 is 2.53 bits per heavy atom. The van der Waals surface area contributed by atoms with Crippen LogP contribution in [0.1, 0.15) is 37.7 Å². The minimum Gasteiger partial charge on any atom is -0.308 e. The van der Waals surface area contributed by atoms with Crippen LogP contribution >= 0.6 is 0 Å². The average molecular weight is 261 g/mol. The maximum atomic E-state index is 4.47. The maximum Gasteiger partial charge on any atom is 0.0732 e. The largest absolute Gasteiger partial charge is 0.308 e. The highest BCUT2D eigenvalue weighted by atomic mass is 15.3. The number of aromatic amines is 1. The fourth-order valence-electron chi connectivity index (χ4n) is 2.16. The van der Waals surface area contributed by atoms with Gasteiger partial charge >= 0.3 is 0 Å². The van der Waals surface area contributed by atoms with E-state index < -0.39 is 0 Å². The van der Waals surface area contributed by atoms with Crippen molar-refractivity contribution in [2.45, 2.75) is 46.7 Å². The van der Waals surface area contributed by atoms with Crippen molar-refractivity contribution in [3.63, 3.8) is 0 Å². The molecule has 0 aliphatic heterocycles. The van der Waals surface area contributed by atoms with Gasteiger partial charge in [-0.05, 0) is 34.6 Å². The second-order valence-corrected chi connectivity index (χ2v) is 6.04. The van der Waals surface area contributed by atoms with Crippen LogP contribution in [0.15, 0.2) is 6.20 Å². The summed E-state index contributed by atoms with van der Waals surface area (Å²) in [5.41, 5.74) is 5.67. The highest BCUT2D eigenvalue weighted by molar-refractivity contribution is 5.67. The highest BCUT2D eigenvalue weighted by Crippen LogP contribution is 2.27. The maximum absolute atomic E-state index is 4.47. The molecule has 0 saturated heterocycles. The van der Waals surface area contributed by atoms with Crippen LogP contribution in [0.3, 0.4) is 0 Å². The van der Waals surface area contributed by atoms with Gasteiger partial charge in [-0.25, -0.2) is 0 Å². The molecule has 19 heavy (non-hydrogen) atoms. The number of hydrogen-bond acceptors (Lipinski definition) is 3. The van der Waals surface area contributed by atoms with Crippen molar-refractivity contribution in [2.75, 3.05) is 0 Å². The van der Waals surface area contributed by atoms with E-state index in [9.17, 15) is 0 Å². The summed E-state index contributed by atoms with van der Waals surface area (Å²) in [7, 11) is 1.97. The first-order chi connectivity index (χ1) is 8.79. The van der Waals surface area contributed by atoms with Crippen LogP contribution in [0.2, 0.25) is 0 Å². The Hall–Kier alpha value is -1.62. The molecule has 0 saturated carbocycles. The van der Waals surface area contributed by atoms with Gasteiger partial charge in [0.2, 0.25) is 0 Å². The molecule has 0 aliphatic rings. The molecule has 0 aromatic carbocycles. The van der Waals surface area contributed by atoms with E-state index in [1.165, 1.54) is 5.56 Å². The molecule has 0 radical (unpaired) electrons. The Labute approximate surface area is 114 Å². The predicted molar refractivity (Wildman–Crippen MR) is 76.9 cm³/mol. The van der Waals surface area contributed by atoms with E-state index in [2.05, 4.69) is 48.3 Å². The molecule has 0 amide bonds. The molecule has 0 aliphatic carbocycles. The van der Waals surface area contributed by atoms with Gasteiger partial charge in [0.15, 0.2) is 0 Å². The number of nitrogens with one attached hydrogen (secondary N) is 2. The lowest BCUT2D eigenvalue weighted by Gasteiger charge is -2.20. The molecule has 5 heteroatoms. The summed E-state index contributed by atoms with van der Waals surface area (Å²) in [5, 5.41) is 15.3. The summed E-state index contributed by atoms with van der Waals surface area (Å²) < 4.78 is 1.91. The van der Waals surface area contributed by atoms with E-state index in [1.54, 1.807) is 0 Å².